The van der Waals surface area contributed by atoms with E-state index in [2.05, 4.69) is 16.5 Å². The molecule has 0 aliphatic carbocycles. The van der Waals surface area contributed by atoms with Crippen LogP contribution in [0.15, 0.2) is 54.9 Å². The lowest BCUT2D eigenvalue weighted by Crippen LogP contribution is -2.13. The minimum Gasteiger partial charge on any atom is -0.383 e. The second-order valence-electron chi connectivity index (χ2n) is 7.58. The van der Waals surface area contributed by atoms with Crippen molar-refractivity contribution in [2.75, 3.05) is 13.7 Å². The summed E-state index contributed by atoms with van der Waals surface area (Å²) in [5.41, 5.74) is 2.18. The van der Waals surface area contributed by atoms with Crippen molar-refractivity contribution in [3.63, 3.8) is 0 Å². The molecule has 0 saturated carbocycles. The zero-order valence-electron chi connectivity index (χ0n) is 17.2. The van der Waals surface area contributed by atoms with Gasteiger partial charge < -0.3 is 9.30 Å². The molecule has 3 nitrogen and oxygen atoms in total. The first-order valence-corrected chi connectivity index (χ1v) is 10.5. The largest absolute Gasteiger partial charge is 0.416 e. The molecule has 4 aromatic rings. The third kappa shape index (κ3) is 4.02. The molecule has 7 heteroatoms. The summed E-state index contributed by atoms with van der Waals surface area (Å²) in [7, 11) is 1.69. The van der Waals surface area contributed by atoms with Crippen molar-refractivity contribution in [2.45, 2.75) is 32.0 Å². The molecule has 0 spiro atoms. The van der Waals surface area contributed by atoms with Crippen LogP contribution in [0, 0.1) is 0 Å². The van der Waals surface area contributed by atoms with Gasteiger partial charge in [0.25, 0.3) is 0 Å². The van der Waals surface area contributed by atoms with Gasteiger partial charge in [0.2, 0.25) is 0 Å². The third-order valence-electron chi connectivity index (χ3n) is 5.53. The van der Waals surface area contributed by atoms with Gasteiger partial charge in [0.15, 0.2) is 0 Å². The molecule has 1 unspecified atom stereocenters. The highest BCUT2D eigenvalue weighted by Crippen LogP contribution is 2.39. The minimum absolute atomic E-state index is 0.0443. The zero-order valence-corrected chi connectivity index (χ0v) is 18.0. The van der Waals surface area contributed by atoms with Crippen LogP contribution in [0.2, 0.25) is 5.02 Å². The maximum absolute atomic E-state index is 13.1. The molecule has 0 fully saturated rings. The Morgan fingerprint density at radius 3 is 2.61 bits per heavy atom. The smallest absolute Gasteiger partial charge is 0.383 e. The number of alkyl halides is 3. The molecule has 0 aliphatic rings. The first-order chi connectivity index (χ1) is 14.8. The van der Waals surface area contributed by atoms with E-state index in [1.807, 2.05) is 30.5 Å². The lowest BCUT2D eigenvalue weighted by Gasteiger charge is -2.20. The summed E-state index contributed by atoms with van der Waals surface area (Å²) in [4.78, 5) is 4.64. The average Bonchev–Trinajstić information content (AvgIpc) is 3.17. The first kappa shape index (κ1) is 21.7. The lowest BCUT2D eigenvalue weighted by atomic mass is 9.99. The van der Waals surface area contributed by atoms with Gasteiger partial charge in [-0.2, -0.15) is 13.2 Å². The van der Waals surface area contributed by atoms with Crippen molar-refractivity contribution < 1.29 is 17.9 Å². The van der Waals surface area contributed by atoms with E-state index in [1.165, 1.54) is 6.07 Å². The number of hydrogen-bond donors (Lipinski definition) is 0. The average molecular weight is 447 g/mol. The molecule has 0 N–H and O–H groups in total. The van der Waals surface area contributed by atoms with E-state index < -0.39 is 11.7 Å². The van der Waals surface area contributed by atoms with E-state index in [0.717, 1.165) is 41.3 Å². The van der Waals surface area contributed by atoms with Crippen LogP contribution in [0.1, 0.15) is 31.4 Å². The molecule has 0 aliphatic heterocycles. The lowest BCUT2D eigenvalue weighted by molar-refractivity contribution is -0.137. The summed E-state index contributed by atoms with van der Waals surface area (Å²) >= 11 is 6.28. The molecule has 4 rings (SSSR count). The van der Waals surface area contributed by atoms with Gasteiger partial charge in [-0.15, -0.1) is 0 Å². The maximum Gasteiger partial charge on any atom is 0.416 e. The van der Waals surface area contributed by atoms with Gasteiger partial charge >= 0.3 is 6.18 Å². The van der Waals surface area contributed by atoms with E-state index in [-0.39, 0.29) is 11.1 Å². The fourth-order valence-corrected chi connectivity index (χ4v) is 4.41. The second-order valence-corrected chi connectivity index (χ2v) is 7.98. The van der Waals surface area contributed by atoms with E-state index in [1.54, 1.807) is 13.3 Å². The summed E-state index contributed by atoms with van der Waals surface area (Å²) in [5.74, 6) is 0. The van der Waals surface area contributed by atoms with Gasteiger partial charge in [-0.05, 0) is 24.6 Å². The predicted octanol–water partition coefficient (Wildman–Crippen LogP) is 7.52. The molecule has 0 bridgehead atoms. The van der Waals surface area contributed by atoms with E-state index in [9.17, 15) is 13.2 Å². The topological polar surface area (TPSA) is 27.1 Å². The molecule has 2 aromatic carbocycles. The highest BCUT2D eigenvalue weighted by molar-refractivity contribution is 6.33. The van der Waals surface area contributed by atoms with Gasteiger partial charge in [0.05, 0.1) is 29.2 Å². The van der Waals surface area contributed by atoms with Gasteiger partial charge in [-0.3, -0.25) is 4.98 Å². The molecule has 0 saturated heterocycles. The highest BCUT2D eigenvalue weighted by Gasteiger charge is 2.31. The number of halogens is 4. The van der Waals surface area contributed by atoms with Gasteiger partial charge in [0.1, 0.15) is 0 Å². The van der Waals surface area contributed by atoms with Gasteiger partial charge in [-0.1, -0.05) is 49.2 Å². The van der Waals surface area contributed by atoms with Crippen LogP contribution in [0.5, 0.6) is 0 Å². The van der Waals surface area contributed by atoms with Crippen molar-refractivity contribution in [2.24, 2.45) is 0 Å². The molecule has 0 radical (unpaired) electrons. The van der Waals surface area contributed by atoms with Crippen molar-refractivity contribution in [3.05, 3.63) is 65.4 Å². The van der Waals surface area contributed by atoms with Crippen LogP contribution >= 0.6 is 11.6 Å². The number of rotatable bonds is 6. The van der Waals surface area contributed by atoms with Crippen molar-refractivity contribution in [3.8, 4) is 11.1 Å². The number of ether oxygens (including phenoxy) is 1. The Morgan fingerprint density at radius 2 is 1.94 bits per heavy atom. The molecule has 1 atom stereocenters. The highest BCUT2D eigenvalue weighted by atomic mass is 35.5. The van der Waals surface area contributed by atoms with Crippen molar-refractivity contribution in [1.82, 2.24) is 9.55 Å². The monoisotopic (exact) mass is 446 g/mol. The number of fused-ring (bicyclic) bond motifs is 3. The molecule has 31 heavy (non-hydrogen) atoms. The van der Waals surface area contributed by atoms with Crippen LogP contribution in [0.4, 0.5) is 13.2 Å². The Kier molecular flexibility index (Phi) is 5.95. The Morgan fingerprint density at radius 1 is 1.13 bits per heavy atom. The maximum atomic E-state index is 13.1. The summed E-state index contributed by atoms with van der Waals surface area (Å²) < 4.78 is 46.8. The van der Waals surface area contributed by atoms with Crippen LogP contribution in [-0.2, 0) is 10.9 Å². The number of pyridine rings is 1. The SMILES string of the molecule is CCCC(COC)n1ccc2cnc3c(-c4ccc(C(F)(F)F)cc4Cl)cccc3c21. The molecule has 162 valence electrons. The number of benzene rings is 2. The third-order valence-corrected chi connectivity index (χ3v) is 5.84. The van der Waals surface area contributed by atoms with Gasteiger partial charge in [-0.25, -0.2) is 0 Å². The predicted molar refractivity (Wildman–Crippen MR) is 119 cm³/mol. The van der Waals surface area contributed by atoms with E-state index in [4.69, 9.17) is 16.3 Å². The molecule has 2 aromatic heterocycles. The number of para-hydroxylation sites is 1. The van der Waals surface area contributed by atoms with Crippen molar-refractivity contribution in [1.29, 1.82) is 0 Å². The zero-order chi connectivity index (χ0) is 22.2. The molecule has 0 amide bonds. The standard InChI is InChI=1S/C24H22ClF3N2O/c1-3-5-17(14-31-2)30-11-10-15-13-29-22-19(6-4-7-20(22)23(15)30)18-9-8-16(12-21(18)25)24(26,27)28/h4,6-13,17H,3,5,14H2,1-2H3. The number of methoxy groups -OCH3 is 1. The number of nitrogens with zero attached hydrogens (tertiary/aromatic N) is 2. The van der Waals surface area contributed by atoms with Crippen LogP contribution < -0.4 is 0 Å². The Balaban J connectivity index is 1.92. The summed E-state index contributed by atoms with van der Waals surface area (Å²) in [6.07, 6.45) is 1.38. The van der Waals surface area contributed by atoms with E-state index >= 15 is 0 Å². The van der Waals surface area contributed by atoms with Crippen molar-refractivity contribution >= 4 is 33.4 Å². The number of aromatic nitrogens is 2. The summed E-state index contributed by atoms with van der Waals surface area (Å²) in [6, 6.07) is 11.3. The minimum atomic E-state index is -4.44. The quantitative estimate of drug-likeness (QED) is 0.306. The Labute approximate surface area is 183 Å². The summed E-state index contributed by atoms with van der Waals surface area (Å²) in [5, 5.41) is 1.97. The Bertz CT molecular complexity index is 1230. The van der Waals surface area contributed by atoms with Crippen LogP contribution in [0.25, 0.3) is 32.9 Å². The number of hydrogen-bond acceptors (Lipinski definition) is 2. The summed E-state index contributed by atoms with van der Waals surface area (Å²) in [6.45, 7) is 2.73. The normalized spacial score (nSPS) is 13.2. The van der Waals surface area contributed by atoms with Crippen LogP contribution in [-0.4, -0.2) is 23.3 Å². The first-order valence-electron chi connectivity index (χ1n) is 10.1. The molecular weight excluding hydrogens is 425 g/mol. The van der Waals surface area contributed by atoms with E-state index in [0.29, 0.717) is 23.3 Å². The fraction of sp³-hybridized carbons (Fsp3) is 0.292. The second kappa shape index (κ2) is 8.52. The Hall–Kier alpha value is -2.57. The van der Waals surface area contributed by atoms with Gasteiger partial charge in [0, 0.05) is 46.4 Å². The molecular formula is C24H22ClF3N2O. The molecule has 2 heterocycles. The fourth-order valence-electron chi connectivity index (χ4n) is 4.13. The van der Waals surface area contributed by atoms with Crippen LogP contribution in [0.3, 0.4) is 0 Å².